The molecule has 2 N–H and O–H groups in total. The Kier molecular flexibility index (Phi) is 5.01. The maximum Gasteiger partial charge on any atom is 0.240 e. The molecule has 0 saturated carbocycles. The van der Waals surface area contributed by atoms with Crippen molar-refractivity contribution in [2.75, 3.05) is 25.5 Å². The van der Waals surface area contributed by atoms with E-state index in [9.17, 15) is 8.42 Å². The van der Waals surface area contributed by atoms with Gasteiger partial charge in [-0.15, -0.1) is 0 Å². The van der Waals surface area contributed by atoms with Gasteiger partial charge in [0.2, 0.25) is 10.0 Å². The molecule has 0 aliphatic carbocycles. The quantitative estimate of drug-likeness (QED) is 0.835. The minimum absolute atomic E-state index is 0.225. The Bertz CT molecular complexity index is 804. The second kappa shape index (κ2) is 7.19. The van der Waals surface area contributed by atoms with E-state index in [1.165, 1.54) is 17.7 Å². The zero-order chi connectivity index (χ0) is 17.0. The first-order chi connectivity index (χ1) is 11.6. The first-order valence-corrected chi connectivity index (χ1v) is 9.43. The highest BCUT2D eigenvalue weighted by molar-refractivity contribution is 7.89. The van der Waals surface area contributed by atoms with Gasteiger partial charge >= 0.3 is 0 Å². The predicted octanol–water partition coefficient (Wildman–Crippen LogP) is 1.97. The minimum Gasteiger partial charge on any atom is -0.497 e. The third-order valence-corrected chi connectivity index (χ3v) is 5.47. The molecule has 0 amide bonds. The zero-order valence-corrected chi connectivity index (χ0v) is 14.4. The molecule has 2 heterocycles. The van der Waals surface area contributed by atoms with Crippen LogP contribution in [-0.4, -0.2) is 33.6 Å². The van der Waals surface area contributed by atoms with Gasteiger partial charge in [0.1, 0.15) is 11.6 Å². The molecule has 1 aromatic heterocycles. The Morgan fingerprint density at radius 2 is 2.00 bits per heavy atom. The van der Waals surface area contributed by atoms with Crippen molar-refractivity contribution in [3.8, 4) is 5.75 Å². The Labute approximate surface area is 142 Å². The fraction of sp³-hybridized carbons (Fsp3) is 0.353. The molecule has 0 atom stereocenters. The number of anilines is 1. The number of aryl methyl sites for hydroxylation is 1. The van der Waals surface area contributed by atoms with E-state index in [1.54, 1.807) is 19.2 Å². The summed E-state index contributed by atoms with van der Waals surface area (Å²) in [5, 5.41) is 3.28. The number of benzene rings is 1. The Hall–Kier alpha value is -2.12. The van der Waals surface area contributed by atoms with E-state index in [1.807, 2.05) is 6.07 Å². The summed E-state index contributed by atoms with van der Waals surface area (Å²) < 4.78 is 32.2. The van der Waals surface area contributed by atoms with Gasteiger partial charge in [-0.25, -0.2) is 18.1 Å². The largest absolute Gasteiger partial charge is 0.497 e. The minimum atomic E-state index is -3.52. The molecule has 7 heteroatoms. The number of rotatable bonds is 6. The number of hydrogen-bond acceptors (Lipinski definition) is 5. The van der Waals surface area contributed by atoms with Gasteiger partial charge in [0, 0.05) is 25.2 Å². The summed E-state index contributed by atoms with van der Waals surface area (Å²) >= 11 is 0. The average Bonchev–Trinajstić information content (AvgIpc) is 2.61. The Balaban J connectivity index is 1.60. The number of nitrogens with zero attached hydrogens (tertiary/aromatic N) is 1. The highest BCUT2D eigenvalue weighted by Crippen LogP contribution is 2.20. The molecule has 1 aliphatic rings. The fourth-order valence-corrected chi connectivity index (χ4v) is 3.69. The summed E-state index contributed by atoms with van der Waals surface area (Å²) in [5.74, 6) is 1.55. The summed E-state index contributed by atoms with van der Waals surface area (Å²) in [4.78, 5) is 4.79. The summed E-state index contributed by atoms with van der Waals surface area (Å²) in [5.41, 5.74) is 2.10. The monoisotopic (exact) mass is 347 g/mol. The molecular formula is C17H21N3O3S. The summed E-state index contributed by atoms with van der Waals surface area (Å²) in [6.45, 7) is 1.24. The van der Waals surface area contributed by atoms with Gasteiger partial charge in [0.05, 0.1) is 12.0 Å². The van der Waals surface area contributed by atoms with Crippen LogP contribution in [0.3, 0.4) is 0 Å². The van der Waals surface area contributed by atoms with Crippen LogP contribution in [0.25, 0.3) is 0 Å². The van der Waals surface area contributed by atoms with Crippen LogP contribution in [0.5, 0.6) is 5.75 Å². The van der Waals surface area contributed by atoms with Gasteiger partial charge in [-0.1, -0.05) is 6.07 Å². The van der Waals surface area contributed by atoms with Gasteiger partial charge in [-0.05, 0) is 48.7 Å². The lowest BCUT2D eigenvalue weighted by molar-refractivity contribution is 0.414. The second-order valence-electron chi connectivity index (χ2n) is 5.66. The van der Waals surface area contributed by atoms with Crippen LogP contribution in [0, 0.1) is 0 Å². The molecule has 1 aliphatic heterocycles. The predicted molar refractivity (Wildman–Crippen MR) is 92.9 cm³/mol. The number of ether oxygens (including phenoxy) is 1. The number of pyridine rings is 1. The highest BCUT2D eigenvalue weighted by atomic mass is 32.2. The number of nitrogens with one attached hydrogen (secondary N) is 2. The molecule has 128 valence electrons. The van der Waals surface area contributed by atoms with Gasteiger partial charge in [-0.2, -0.15) is 0 Å². The normalized spacial score (nSPS) is 13.9. The zero-order valence-electron chi connectivity index (χ0n) is 13.6. The van der Waals surface area contributed by atoms with Crippen molar-refractivity contribution in [2.45, 2.75) is 24.2 Å². The lowest BCUT2D eigenvalue weighted by Gasteiger charge is -2.17. The van der Waals surface area contributed by atoms with Crippen molar-refractivity contribution >= 4 is 15.8 Å². The van der Waals surface area contributed by atoms with E-state index >= 15 is 0 Å². The van der Waals surface area contributed by atoms with Crippen LogP contribution < -0.4 is 14.8 Å². The SMILES string of the molecule is COc1ccc(S(=O)(=O)NCCc2ccc3c(n2)NCCC3)cc1. The van der Waals surface area contributed by atoms with Gasteiger partial charge < -0.3 is 10.1 Å². The molecule has 6 nitrogen and oxygen atoms in total. The van der Waals surface area contributed by atoms with Crippen LogP contribution >= 0.6 is 0 Å². The van der Waals surface area contributed by atoms with Crippen LogP contribution in [0.1, 0.15) is 17.7 Å². The number of hydrogen-bond donors (Lipinski definition) is 2. The molecule has 0 spiro atoms. The standard InChI is InChI=1S/C17H21N3O3S/c1-23-15-6-8-16(9-7-15)24(21,22)19-12-10-14-5-4-13-3-2-11-18-17(13)20-14/h4-9,19H,2-3,10-12H2,1H3,(H,18,20). The molecule has 0 unspecified atom stereocenters. The van der Waals surface area contributed by atoms with Crippen molar-refractivity contribution in [3.63, 3.8) is 0 Å². The Morgan fingerprint density at radius 3 is 2.75 bits per heavy atom. The van der Waals surface area contributed by atoms with Crippen molar-refractivity contribution in [1.82, 2.24) is 9.71 Å². The fourth-order valence-electron chi connectivity index (χ4n) is 2.66. The first kappa shape index (κ1) is 16.7. The molecule has 0 fully saturated rings. The molecule has 0 bridgehead atoms. The van der Waals surface area contributed by atoms with Gasteiger partial charge in [0.25, 0.3) is 0 Å². The van der Waals surface area contributed by atoms with Crippen molar-refractivity contribution < 1.29 is 13.2 Å². The summed E-state index contributed by atoms with van der Waals surface area (Å²) in [6.07, 6.45) is 2.71. The van der Waals surface area contributed by atoms with Crippen LogP contribution in [-0.2, 0) is 22.9 Å². The molecule has 1 aromatic carbocycles. The van der Waals surface area contributed by atoms with E-state index in [0.717, 1.165) is 30.9 Å². The van der Waals surface area contributed by atoms with E-state index in [2.05, 4.69) is 21.1 Å². The van der Waals surface area contributed by atoms with Crippen molar-refractivity contribution in [2.24, 2.45) is 0 Å². The van der Waals surface area contributed by atoms with E-state index in [-0.39, 0.29) is 4.90 Å². The van der Waals surface area contributed by atoms with Gasteiger partial charge in [-0.3, -0.25) is 0 Å². The van der Waals surface area contributed by atoms with E-state index in [4.69, 9.17) is 4.74 Å². The van der Waals surface area contributed by atoms with E-state index in [0.29, 0.717) is 18.7 Å². The first-order valence-electron chi connectivity index (χ1n) is 7.95. The Morgan fingerprint density at radius 1 is 1.21 bits per heavy atom. The molecule has 0 saturated heterocycles. The third kappa shape index (κ3) is 3.85. The summed E-state index contributed by atoms with van der Waals surface area (Å²) in [6, 6.07) is 10.4. The van der Waals surface area contributed by atoms with Crippen LogP contribution in [0.15, 0.2) is 41.3 Å². The summed E-state index contributed by atoms with van der Waals surface area (Å²) in [7, 11) is -1.98. The topological polar surface area (TPSA) is 80.3 Å². The maximum absolute atomic E-state index is 12.3. The van der Waals surface area contributed by atoms with E-state index < -0.39 is 10.0 Å². The van der Waals surface area contributed by atoms with Crippen molar-refractivity contribution in [1.29, 1.82) is 0 Å². The van der Waals surface area contributed by atoms with Gasteiger partial charge in [0.15, 0.2) is 0 Å². The average molecular weight is 347 g/mol. The van der Waals surface area contributed by atoms with Crippen molar-refractivity contribution in [3.05, 3.63) is 47.7 Å². The number of fused-ring (bicyclic) bond motifs is 1. The van der Waals surface area contributed by atoms with Crippen LogP contribution in [0.2, 0.25) is 0 Å². The molecule has 24 heavy (non-hydrogen) atoms. The number of sulfonamides is 1. The molecule has 2 aromatic rings. The number of methoxy groups -OCH3 is 1. The highest BCUT2D eigenvalue weighted by Gasteiger charge is 2.14. The number of aromatic nitrogens is 1. The lowest BCUT2D eigenvalue weighted by atomic mass is 10.1. The lowest BCUT2D eigenvalue weighted by Crippen LogP contribution is -2.26. The smallest absolute Gasteiger partial charge is 0.240 e. The third-order valence-electron chi connectivity index (χ3n) is 3.99. The molecule has 0 radical (unpaired) electrons. The van der Waals surface area contributed by atoms with Crippen LogP contribution in [0.4, 0.5) is 5.82 Å². The maximum atomic E-state index is 12.3. The molecular weight excluding hydrogens is 326 g/mol. The molecule has 3 rings (SSSR count). The second-order valence-corrected chi connectivity index (χ2v) is 7.43.